The van der Waals surface area contributed by atoms with E-state index in [9.17, 15) is 9.59 Å². The third-order valence-corrected chi connectivity index (χ3v) is 9.58. The van der Waals surface area contributed by atoms with Gasteiger partial charge in [-0.2, -0.15) is 0 Å². The summed E-state index contributed by atoms with van der Waals surface area (Å²) in [6, 6.07) is 8.37. The number of carbonyl (C=O) groups excluding carboxylic acids is 2. The Bertz CT molecular complexity index is 972. The molecule has 5 aliphatic rings. The van der Waals surface area contributed by atoms with Crippen molar-refractivity contribution in [2.75, 3.05) is 7.11 Å². The highest BCUT2D eigenvalue weighted by molar-refractivity contribution is 5.99. The molecular weight excluding hydrogens is 360 g/mol. The van der Waals surface area contributed by atoms with Crippen molar-refractivity contribution in [2.45, 2.75) is 44.4 Å². The van der Waals surface area contributed by atoms with Crippen LogP contribution >= 0.6 is 0 Å². The molecule has 3 nitrogen and oxygen atoms in total. The third kappa shape index (κ3) is 1.78. The summed E-state index contributed by atoms with van der Waals surface area (Å²) >= 11 is 0. The first kappa shape index (κ1) is 17.7. The van der Waals surface area contributed by atoms with Crippen LogP contribution in [0.2, 0.25) is 0 Å². The molecule has 5 aliphatic carbocycles. The minimum Gasteiger partial charge on any atom is -0.497 e. The third-order valence-electron chi connectivity index (χ3n) is 9.58. The van der Waals surface area contributed by atoms with Crippen LogP contribution in [0.15, 0.2) is 48.6 Å². The number of methoxy groups -OCH3 is 1. The highest BCUT2D eigenvalue weighted by Gasteiger charge is 2.79. The van der Waals surface area contributed by atoms with Crippen molar-refractivity contribution < 1.29 is 14.3 Å². The van der Waals surface area contributed by atoms with Crippen LogP contribution in [-0.4, -0.2) is 18.7 Å². The molecule has 3 saturated carbocycles. The Labute approximate surface area is 172 Å². The number of ketones is 2. The van der Waals surface area contributed by atoms with Gasteiger partial charge in [0.15, 0.2) is 5.78 Å². The van der Waals surface area contributed by atoms with Gasteiger partial charge in [-0.1, -0.05) is 50.1 Å². The van der Waals surface area contributed by atoms with Crippen LogP contribution in [0.3, 0.4) is 0 Å². The maximum Gasteiger partial charge on any atom is 0.159 e. The van der Waals surface area contributed by atoms with Gasteiger partial charge in [-0.25, -0.2) is 0 Å². The van der Waals surface area contributed by atoms with Crippen LogP contribution in [-0.2, 0) is 15.0 Å². The summed E-state index contributed by atoms with van der Waals surface area (Å²) in [5.41, 5.74) is 0.847. The lowest BCUT2D eigenvalue weighted by molar-refractivity contribution is -0.136. The van der Waals surface area contributed by atoms with Crippen molar-refractivity contribution in [1.82, 2.24) is 0 Å². The van der Waals surface area contributed by atoms with Gasteiger partial charge in [-0.05, 0) is 59.3 Å². The molecule has 0 amide bonds. The zero-order valence-corrected chi connectivity index (χ0v) is 17.2. The normalized spacial score (nSPS) is 46.6. The quantitative estimate of drug-likeness (QED) is 0.692. The lowest BCUT2D eigenvalue weighted by Gasteiger charge is -2.51. The molecule has 0 spiro atoms. The fraction of sp³-hybridized carbons (Fsp3) is 0.538. The van der Waals surface area contributed by atoms with Crippen molar-refractivity contribution in [1.29, 1.82) is 0 Å². The highest BCUT2D eigenvalue weighted by atomic mass is 16.5. The highest BCUT2D eigenvalue weighted by Crippen LogP contribution is 2.80. The van der Waals surface area contributed by atoms with E-state index in [1.165, 1.54) is 18.4 Å². The van der Waals surface area contributed by atoms with E-state index in [-0.39, 0.29) is 45.7 Å². The number of rotatable bonds is 2. The van der Waals surface area contributed by atoms with Gasteiger partial charge in [-0.15, -0.1) is 0 Å². The Morgan fingerprint density at radius 1 is 1.03 bits per heavy atom. The van der Waals surface area contributed by atoms with E-state index in [0.717, 1.165) is 18.6 Å². The Balaban J connectivity index is 1.61. The molecule has 2 bridgehead atoms. The Morgan fingerprint density at radius 2 is 1.79 bits per heavy atom. The molecule has 0 saturated heterocycles. The summed E-state index contributed by atoms with van der Waals surface area (Å²) in [7, 11) is 1.69. The maximum atomic E-state index is 13.7. The first-order chi connectivity index (χ1) is 14.0. The smallest absolute Gasteiger partial charge is 0.159 e. The number of allylic oxidation sites excluding steroid dienone is 4. The van der Waals surface area contributed by atoms with E-state index in [0.29, 0.717) is 12.2 Å². The van der Waals surface area contributed by atoms with Gasteiger partial charge in [-0.3, -0.25) is 9.59 Å². The average molecular weight is 389 g/mol. The van der Waals surface area contributed by atoms with Gasteiger partial charge in [0.1, 0.15) is 11.5 Å². The second-order valence-corrected chi connectivity index (χ2v) is 10.1. The molecule has 1 aromatic carbocycles. The summed E-state index contributed by atoms with van der Waals surface area (Å²) in [6.45, 7) is 2.42. The molecule has 0 unspecified atom stereocenters. The molecule has 1 aromatic rings. The first-order valence-corrected chi connectivity index (χ1v) is 11.1. The van der Waals surface area contributed by atoms with E-state index in [4.69, 9.17) is 4.74 Å². The predicted molar refractivity (Wildman–Crippen MR) is 111 cm³/mol. The van der Waals surface area contributed by atoms with Gasteiger partial charge < -0.3 is 4.74 Å². The largest absolute Gasteiger partial charge is 0.497 e. The van der Waals surface area contributed by atoms with Gasteiger partial charge in [0, 0.05) is 23.7 Å². The zero-order chi connectivity index (χ0) is 20.0. The molecular formula is C26H28O3. The van der Waals surface area contributed by atoms with Crippen molar-refractivity contribution in [3.63, 3.8) is 0 Å². The molecule has 3 fully saturated rings. The van der Waals surface area contributed by atoms with E-state index in [1.54, 1.807) is 13.2 Å². The SMILES string of the molecule is COc1ccc([C@@]23C=C[C@]4(CCCC[C@@]42C)[C@H]2[C@@H]4C(=O)C=C[C@@H]4CC(=O)[C@H]23)cc1. The van der Waals surface area contributed by atoms with Crippen LogP contribution in [0.25, 0.3) is 0 Å². The number of fused-ring (bicyclic) bond motifs is 4. The van der Waals surface area contributed by atoms with Crippen LogP contribution in [0.4, 0.5) is 0 Å². The molecule has 7 atom stereocenters. The van der Waals surface area contributed by atoms with Gasteiger partial charge in [0.05, 0.1) is 7.11 Å². The minimum absolute atomic E-state index is 0.0137. The van der Waals surface area contributed by atoms with Crippen LogP contribution in [0.1, 0.15) is 44.6 Å². The Hall–Kier alpha value is -2.16. The summed E-state index contributed by atoms with van der Waals surface area (Å²) in [5.74, 6) is 1.60. The summed E-state index contributed by atoms with van der Waals surface area (Å²) < 4.78 is 5.40. The van der Waals surface area contributed by atoms with E-state index in [2.05, 4.69) is 31.2 Å². The van der Waals surface area contributed by atoms with Crippen molar-refractivity contribution in [3.05, 3.63) is 54.1 Å². The molecule has 0 aliphatic heterocycles. The van der Waals surface area contributed by atoms with E-state index in [1.807, 2.05) is 18.2 Å². The summed E-state index contributed by atoms with van der Waals surface area (Å²) in [4.78, 5) is 26.7. The molecule has 0 N–H and O–H groups in total. The van der Waals surface area contributed by atoms with E-state index < -0.39 is 0 Å². The zero-order valence-electron chi connectivity index (χ0n) is 17.2. The average Bonchev–Trinajstić information content (AvgIpc) is 3.30. The molecule has 150 valence electrons. The number of ether oxygens (including phenoxy) is 1. The number of Topliss-reactive ketones (excluding diaryl/α,β-unsaturated/α-hetero) is 1. The minimum atomic E-state index is -0.310. The second kappa shape index (κ2) is 5.50. The second-order valence-electron chi connectivity index (χ2n) is 10.1. The topological polar surface area (TPSA) is 43.4 Å². The first-order valence-electron chi connectivity index (χ1n) is 11.1. The molecule has 0 radical (unpaired) electrons. The van der Waals surface area contributed by atoms with Crippen molar-refractivity contribution >= 4 is 11.6 Å². The van der Waals surface area contributed by atoms with Crippen molar-refractivity contribution in [3.8, 4) is 5.75 Å². The number of hydrogen-bond donors (Lipinski definition) is 0. The monoisotopic (exact) mass is 388 g/mol. The fourth-order valence-corrected chi connectivity index (χ4v) is 8.50. The number of benzene rings is 1. The van der Waals surface area contributed by atoms with Gasteiger partial charge in [0.2, 0.25) is 0 Å². The Kier molecular flexibility index (Phi) is 3.35. The lowest BCUT2D eigenvalue weighted by atomic mass is 9.52. The predicted octanol–water partition coefficient (Wildman–Crippen LogP) is 4.66. The molecule has 3 heteroatoms. The number of carbonyl (C=O) groups is 2. The van der Waals surface area contributed by atoms with Crippen molar-refractivity contribution in [2.24, 2.45) is 34.5 Å². The lowest BCUT2D eigenvalue weighted by Crippen LogP contribution is -2.49. The van der Waals surface area contributed by atoms with Crippen LogP contribution < -0.4 is 4.74 Å². The van der Waals surface area contributed by atoms with Crippen LogP contribution in [0.5, 0.6) is 5.75 Å². The fourth-order valence-electron chi connectivity index (χ4n) is 8.50. The number of hydrogen-bond acceptors (Lipinski definition) is 3. The maximum absolute atomic E-state index is 13.7. The van der Waals surface area contributed by atoms with Gasteiger partial charge >= 0.3 is 0 Å². The Morgan fingerprint density at radius 3 is 2.55 bits per heavy atom. The molecule has 0 heterocycles. The molecule has 6 rings (SSSR count). The summed E-state index contributed by atoms with van der Waals surface area (Å²) in [6.07, 6.45) is 13.7. The van der Waals surface area contributed by atoms with Gasteiger partial charge in [0.25, 0.3) is 0 Å². The summed E-state index contributed by atoms with van der Waals surface area (Å²) in [5, 5.41) is 0. The van der Waals surface area contributed by atoms with Crippen LogP contribution in [0, 0.1) is 34.5 Å². The van der Waals surface area contributed by atoms with E-state index >= 15 is 0 Å². The molecule has 0 aromatic heterocycles. The molecule has 29 heavy (non-hydrogen) atoms. The standard InChI is InChI=1S/C26H28O3/c1-24-11-3-4-12-25(24)13-14-26(24,17-6-8-18(29-2)9-7-17)22-20(28)15-16-5-10-19(27)21(16)23(22)25/h5-10,13-14,16,21-23H,3-4,11-12,15H2,1-2H3/t16-,21+,22-,23+,24+,25-,26-/m1/s1.